The third-order valence-corrected chi connectivity index (χ3v) is 2.57. The van der Waals surface area contributed by atoms with Crippen LogP contribution in [-0.2, 0) is 11.2 Å². The summed E-state index contributed by atoms with van der Waals surface area (Å²) in [7, 11) is 1.55. The third kappa shape index (κ3) is 3.48. The minimum atomic E-state index is -0.368. The minimum absolute atomic E-state index is 0.368. The van der Waals surface area contributed by atoms with Crippen molar-refractivity contribution in [1.82, 2.24) is 0 Å². The standard InChI is InChI=1S/C15H18O3/c1-5-7-12-8-9-13(14(10-12)17-4)18-15(16)11(3)6-2/h5-6,8-10H,1,7H2,2-4H3/b11-6-. The molecule has 96 valence electrons. The molecule has 0 aliphatic carbocycles. The Labute approximate surface area is 108 Å². The summed E-state index contributed by atoms with van der Waals surface area (Å²) in [6.45, 7) is 7.18. The van der Waals surface area contributed by atoms with E-state index in [-0.39, 0.29) is 5.97 Å². The zero-order valence-corrected chi connectivity index (χ0v) is 11.0. The number of rotatable bonds is 5. The lowest BCUT2D eigenvalue weighted by atomic mass is 10.1. The number of carbonyl (C=O) groups excluding carboxylic acids is 1. The molecule has 0 radical (unpaired) electrons. The molecule has 0 heterocycles. The molecule has 0 saturated heterocycles. The lowest BCUT2D eigenvalue weighted by Crippen LogP contribution is -2.09. The summed E-state index contributed by atoms with van der Waals surface area (Å²) in [6.07, 6.45) is 4.27. The van der Waals surface area contributed by atoms with E-state index in [2.05, 4.69) is 6.58 Å². The zero-order valence-electron chi connectivity index (χ0n) is 11.0. The second-order valence-corrected chi connectivity index (χ2v) is 3.84. The highest BCUT2D eigenvalue weighted by Gasteiger charge is 2.11. The molecule has 3 heteroatoms. The first-order valence-electron chi connectivity index (χ1n) is 5.75. The van der Waals surface area contributed by atoms with E-state index < -0.39 is 0 Å². The van der Waals surface area contributed by atoms with Crippen LogP contribution in [0.2, 0.25) is 0 Å². The Bertz CT molecular complexity index is 473. The topological polar surface area (TPSA) is 35.5 Å². The second kappa shape index (κ2) is 6.64. The van der Waals surface area contributed by atoms with Crippen LogP contribution in [0.1, 0.15) is 19.4 Å². The molecule has 0 fully saturated rings. The molecule has 0 atom stereocenters. The van der Waals surface area contributed by atoms with Gasteiger partial charge in [-0.25, -0.2) is 4.79 Å². The molecule has 0 aromatic heterocycles. The van der Waals surface area contributed by atoms with Crippen molar-refractivity contribution in [3.05, 3.63) is 48.1 Å². The number of ether oxygens (including phenoxy) is 2. The van der Waals surface area contributed by atoms with Crippen molar-refractivity contribution in [3.63, 3.8) is 0 Å². The second-order valence-electron chi connectivity index (χ2n) is 3.84. The predicted molar refractivity (Wildman–Crippen MR) is 72.0 cm³/mol. The molecular formula is C15H18O3. The monoisotopic (exact) mass is 246 g/mol. The molecule has 0 N–H and O–H groups in total. The molecule has 0 bridgehead atoms. The molecule has 1 aromatic rings. The summed E-state index contributed by atoms with van der Waals surface area (Å²) < 4.78 is 10.5. The van der Waals surface area contributed by atoms with Gasteiger partial charge in [-0.2, -0.15) is 0 Å². The van der Waals surface area contributed by atoms with Gasteiger partial charge in [0.1, 0.15) is 0 Å². The number of hydrogen-bond donors (Lipinski definition) is 0. The zero-order chi connectivity index (χ0) is 13.5. The highest BCUT2D eigenvalue weighted by atomic mass is 16.6. The van der Waals surface area contributed by atoms with Crippen LogP contribution >= 0.6 is 0 Å². The summed E-state index contributed by atoms with van der Waals surface area (Å²) in [6, 6.07) is 5.46. The van der Waals surface area contributed by atoms with Crippen LogP contribution in [0.5, 0.6) is 11.5 Å². The summed E-state index contributed by atoms with van der Waals surface area (Å²) in [5, 5.41) is 0. The number of allylic oxidation sites excluding steroid dienone is 2. The molecule has 3 nitrogen and oxygen atoms in total. The summed E-state index contributed by atoms with van der Waals surface area (Å²) in [5.74, 6) is 0.607. The van der Waals surface area contributed by atoms with Crippen molar-refractivity contribution in [2.45, 2.75) is 20.3 Å². The first kappa shape index (κ1) is 14.0. The number of methoxy groups -OCH3 is 1. The number of benzene rings is 1. The van der Waals surface area contributed by atoms with Crippen LogP contribution in [0, 0.1) is 0 Å². The number of carbonyl (C=O) groups is 1. The van der Waals surface area contributed by atoms with Gasteiger partial charge in [-0.3, -0.25) is 0 Å². The van der Waals surface area contributed by atoms with Crippen LogP contribution < -0.4 is 9.47 Å². The molecule has 0 aliphatic heterocycles. The van der Waals surface area contributed by atoms with Crippen LogP contribution in [0.3, 0.4) is 0 Å². The summed E-state index contributed by atoms with van der Waals surface area (Å²) >= 11 is 0. The smallest absolute Gasteiger partial charge is 0.338 e. The lowest BCUT2D eigenvalue weighted by molar-refractivity contribution is -0.130. The highest BCUT2D eigenvalue weighted by molar-refractivity contribution is 5.89. The molecule has 0 unspecified atom stereocenters. The summed E-state index contributed by atoms with van der Waals surface area (Å²) in [4.78, 5) is 11.7. The van der Waals surface area contributed by atoms with Gasteiger partial charge >= 0.3 is 5.97 Å². The van der Waals surface area contributed by atoms with Crippen molar-refractivity contribution in [2.24, 2.45) is 0 Å². The van der Waals surface area contributed by atoms with Gasteiger partial charge in [-0.1, -0.05) is 18.2 Å². The molecule has 18 heavy (non-hydrogen) atoms. The molecule has 0 spiro atoms. The fraction of sp³-hybridized carbons (Fsp3) is 0.267. The van der Waals surface area contributed by atoms with E-state index in [0.29, 0.717) is 17.1 Å². The van der Waals surface area contributed by atoms with E-state index in [4.69, 9.17) is 9.47 Å². The maximum Gasteiger partial charge on any atom is 0.338 e. The Morgan fingerprint density at radius 2 is 2.11 bits per heavy atom. The van der Waals surface area contributed by atoms with E-state index >= 15 is 0 Å². The van der Waals surface area contributed by atoms with Gasteiger partial charge in [0.15, 0.2) is 11.5 Å². The minimum Gasteiger partial charge on any atom is -0.493 e. The van der Waals surface area contributed by atoms with Gasteiger partial charge in [0.05, 0.1) is 7.11 Å². The van der Waals surface area contributed by atoms with Crippen LogP contribution in [0.4, 0.5) is 0 Å². The Hall–Kier alpha value is -2.03. The van der Waals surface area contributed by atoms with Crippen molar-refractivity contribution in [3.8, 4) is 11.5 Å². The quantitative estimate of drug-likeness (QED) is 0.346. The largest absolute Gasteiger partial charge is 0.493 e. The van der Waals surface area contributed by atoms with E-state index in [1.807, 2.05) is 18.2 Å². The first-order valence-corrected chi connectivity index (χ1v) is 5.75. The Morgan fingerprint density at radius 1 is 1.39 bits per heavy atom. The molecule has 0 saturated carbocycles. The number of esters is 1. The van der Waals surface area contributed by atoms with E-state index in [1.54, 1.807) is 33.1 Å². The Kier molecular flexibility index (Phi) is 5.18. The molecule has 0 aliphatic rings. The Balaban J connectivity index is 2.95. The van der Waals surface area contributed by atoms with E-state index in [9.17, 15) is 4.79 Å². The Morgan fingerprint density at radius 3 is 2.67 bits per heavy atom. The van der Waals surface area contributed by atoms with Crippen LogP contribution in [-0.4, -0.2) is 13.1 Å². The van der Waals surface area contributed by atoms with Crippen LogP contribution in [0.15, 0.2) is 42.5 Å². The third-order valence-electron chi connectivity index (χ3n) is 2.57. The average molecular weight is 246 g/mol. The van der Waals surface area contributed by atoms with Crippen molar-refractivity contribution >= 4 is 5.97 Å². The average Bonchev–Trinajstić information content (AvgIpc) is 2.39. The van der Waals surface area contributed by atoms with Crippen molar-refractivity contribution < 1.29 is 14.3 Å². The summed E-state index contributed by atoms with van der Waals surface area (Å²) in [5.41, 5.74) is 1.62. The lowest BCUT2D eigenvalue weighted by Gasteiger charge is -2.10. The first-order chi connectivity index (χ1) is 8.62. The SMILES string of the molecule is C=CCc1ccc(OC(=O)/C(C)=C\C)c(OC)c1. The van der Waals surface area contributed by atoms with Gasteiger partial charge < -0.3 is 9.47 Å². The number of hydrogen-bond acceptors (Lipinski definition) is 3. The fourth-order valence-electron chi connectivity index (χ4n) is 1.39. The van der Waals surface area contributed by atoms with Crippen molar-refractivity contribution in [2.75, 3.05) is 7.11 Å². The van der Waals surface area contributed by atoms with Gasteiger partial charge in [0.25, 0.3) is 0 Å². The maximum absolute atomic E-state index is 11.7. The highest BCUT2D eigenvalue weighted by Crippen LogP contribution is 2.28. The van der Waals surface area contributed by atoms with Gasteiger partial charge in [0.2, 0.25) is 0 Å². The van der Waals surface area contributed by atoms with Crippen molar-refractivity contribution in [1.29, 1.82) is 0 Å². The predicted octanol–water partition coefficient (Wildman–Crippen LogP) is 3.30. The molecule has 1 aromatic carbocycles. The van der Waals surface area contributed by atoms with Crippen LogP contribution in [0.25, 0.3) is 0 Å². The van der Waals surface area contributed by atoms with Gasteiger partial charge in [-0.15, -0.1) is 6.58 Å². The molecule has 0 amide bonds. The van der Waals surface area contributed by atoms with Gasteiger partial charge in [-0.05, 0) is 38.0 Å². The van der Waals surface area contributed by atoms with Gasteiger partial charge in [0, 0.05) is 5.57 Å². The molecular weight excluding hydrogens is 228 g/mol. The van der Waals surface area contributed by atoms with E-state index in [1.165, 1.54) is 0 Å². The molecule has 1 rings (SSSR count). The maximum atomic E-state index is 11.7. The normalized spacial score (nSPS) is 10.9. The van der Waals surface area contributed by atoms with E-state index in [0.717, 1.165) is 12.0 Å². The fourth-order valence-corrected chi connectivity index (χ4v) is 1.39.